The number of rotatable bonds is 12. The van der Waals surface area contributed by atoms with Gasteiger partial charge in [-0.3, -0.25) is 9.80 Å². The van der Waals surface area contributed by atoms with E-state index in [0.29, 0.717) is 13.2 Å². The summed E-state index contributed by atoms with van der Waals surface area (Å²) in [7, 11) is 4.07. The second-order valence-corrected chi connectivity index (χ2v) is 5.03. The van der Waals surface area contributed by atoms with Gasteiger partial charge < -0.3 is 19.7 Å². The third-order valence-electron chi connectivity index (χ3n) is 2.61. The van der Waals surface area contributed by atoms with E-state index in [1.165, 1.54) is 0 Å². The molecule has 0 aromatic carbocycles. The van der Waals surface area contributed by atoms with Gasteiger partial charge in [-0.15, -0.1) is 0 Å². The molecule has 2 unspecified atom stereocenters. The van der Waals surface area contributed by atoms with Crippen LogP contribution in [0.15, 0.2) is 0 Å². The number of ether oxygens (including phenoxy) is 2. The molecule has 0 heterocycles. The van der Waals surface area contributed by atoms with Gasteiger partial charge in [0.2, 0.25) is 0 Å². The van der Waals surface area contributed by atoms with E-state index in [0.717, 1.165) is 19.8 Å². The average Bonchev–Trinajstić information content (AvgIpc) is 2.33. The van der Waals surface area contributed by atoms with Crippen LogP contribution < -0.4 is 0 Å². The Balaban J connectivity index is 3.75. The highest BCUT2D eigenvalue weighted by atomic mass is 16.5. The Hall–Kier alpha value is -0.240. The van der Waals surface area contributed by atoms with Crippen molar-refractivity contribution < 1.29 is 19.7 Å². The number of likely N-dealkylation sites (N-methyl/N-ethyl adjacent to an activating group) is 2. The van der Waals surface area contributed by atoms with Gasteiger partial charge in [-0.1, -0.05) is 0 Å². The lowest BCUT2D eigenvalue weighted by Gasteiger charge is -2.28. The van der Waals surface area contributed by atoms with Crippen LogP contribution in [0.2, 0.25) is 0 Å². The minimum Gasteiger partial charge on any atom is -0.394 e. The molecule has 0 aliphatic carbocycles. The first-order valence-electron chi connectivity index (χ1n) is 6.81. The summed E-state index contributed by atoms with van der Waals surface area (Å²) >= 11 is 0. The molecule has 6 heteroatoms. The van der Waals surface area contributed by atoms with Gasteiger partial charge in [0.05, 0.1) is 45.3 Å². The zero-order valence-electron chi connectivity index (χ0n) is 12.7. The number of nitrogens with zero attached hydrogens (tertiary/aromatic N) is 2. The van der Waals surface area contributed by atoms with Crippen LogP contribution in [0.4, 0.5) is 0 Å². The van der Waals surface area contributed by atoms with E-state index >= 15 is 0 Å². The molecule has 2 N–H and O–H groups in total. The summed E-state index contributed by atoms with van der Waals surface area (Å²) in [6.45, 7) is 7.35. The maximum absolute atomic E-state index is 8.69. The molecule has 0 aromatic rings. The lowest BCUT2D eigenvalue weighted by molar-refractivity contribution is -0.00111. The predicted molar refractivity (Wildman–Crippen MR) is 75.1 cm³/mol. The molecule has 19 heavy (non-hydrogen) atoms. The zero-order chi connectivity index (χ0) is 14.7. The summed E-state index contributed by atoms with van der Waals surface area (Å²) in [4.78, 5) is 4.33. The summed E-state index contributed by atoms with van der Waals surface area (Å²) in [5, 5.41) is 17.4. The van der Waals surface area contributed by atoms with Gasteiger partial charge in [0.15, 0.2) is 0 Å². The fourth-order valence-corrected chi connectivity index (χ4v) is 2.02. The Labute approximate surface area is 116 Å². The Morgan fingerprint density at radius 2 is 1.21 bits per heavy atom. The molecule has 0 aliphatic rings. The van der Waals surface area contributed by atoms with E-state index < -0.39 is 0 Å². The minimum atomic E-state index is 0.0632. The van der Waals surface area contributed by atoms with Crippen LogP contribution in [0.1, 0.15) is 13.8 Å². The second kappa shape index (κ2) is 11.6. The first-order chi connectivity index (χ1) is 8.99. The highest BCUT2D eigenvalue weighted by Crippen LogP contribution is 1.99. The van der Waals surface area contributed by atoms with Crippen molar-refractivity contribution in [1.82, 2.24) is 9.80 Å². The van der Waals surface area contributed by atoms with Gasteiger partial charge in [0.1, 0.15) is 0 Å². The van der Waals surface area contributed by atoms with Crippen molar-refractivity contribution in [1.29, 1.82) is 0 Å². The van der Waals surface area contributed by atoms with Crippen LogP contribution in [0, 0.1) is 0 Å². The molecule has 0 amide bonds. The average molecular weight is 278 g/mol. The van der Waals surface area contributed by atoms with E-state index in [1.807, 2.05) is 27.9 Å². The number of aliphatic hydroxyl groups is 2. The third-order valence-corrected chi connectivity index (χ3v) is 2.61. The van der Waals surface area contributed by atoms with Crippen LogP contribution in [0.25, 0.3) is 0 Å². The lowest BCUT2D eigenvalue weighted by atomic mass is 10.3. The Kier molecular flexibility index (Phi) is 11.4. The van der Waals surface area contributed by atoms with Gasteiger partial charge >= 0.3 is 0 Å². The molecule has 2 atom stereocenters. The predicted octanol–water partition coefficient (Wildman–Crippen LogP) is -0.398. The maximum Gasteiger partial charge on any atom is 0.0701 e. The topological polar surface area (TPSA) is 65.4 Å². The quantitative estimate of drug-likeness (QED) is 0.474. The Bertz CT molecular complexity index is 187. The number of hydrogen-bond donors (Lipinski definition) is 2. The van der Waals surface area contributed by atoms with E-state index in [4.69, 9.17) is 19.7 Å². The molecule has 0 aliphatic heterocycles. The van der Waals surface area contributed by atoms with Crippen molar-refractivity contribution in [3.8, 4) is 0 Å². The highest BCUT2D eigenvalue weighted by molar-refractivity contribution is 4.61. The Morgan fingerprint density at radius 3 is 1.53 bits per heavy atom. The fourth-order valence-electron chi connectivity index (χ4n) is 2.02. The standard InChI is InChI=1S/C13H30N2O4/c1-12(18-7-5-16)9-14(3)11-15(4)10-13(2)19-8-6-17/h12-13,16-17H,5-11H2,1-4H3. The molecule has 0 bridgehead atoms. The van der Waals surface area contributed by atoms with Gasteiger partial charge in [-0.2, -0.15) is 0 Å². The molecular weight excluding hydrogens is 248 g/mol. The van der Waals surface area contributed by atoms with Gasteiger partial charge in [-0.25, -0.2) is 0 Å². The van der Waals surface area contributed by atoms with Crippen LogP contribution >= 0.6 is 0 Å². The summed E-state index contributed by atoms with van der Waals surface area (Å²) < 4.78 is 10.8. The molecule has 6 nitrogen and oxygen atoms in total. The van der Waals surface area contributed by atoms with Crippen LogP contribution in [0.3, 0.4) is 0 Å². The molecule has 116 valence electrons. The molecule has 0 radical (unpaired) electrons. The normalized spacial score (nSPS) is 15.2. The summed E-state index contributed by atoms with van der Waals surface area (Å²) in [6, 6.07) is 0. The first kappa shape index (κ1) is 18.8. The van der Waals surface area contributed by atoms with E-state index in [1.54, 1.807) is 0 Å². The van der Waals surface area contributed by atoms with Crippen LogP contribution in [-0.2, 0) is 9.47 Å². The van der Waals surface area contributed by atoms with Crippen molar-refractivity contribution in [2.45, 2.75) is 26.1 Å². The van der Waals surface area contributed by atoms with Crippen LogP contribution in [-0.4, -0.2) is 92.5 Å². The maximum atomic E-state index is 8.69. The molecule has 0 saturated heterocycles. The molecule has 0 rings (SSSR count). The van der Waals surface area contributed by atoms with Crippen molar-refractivity contribution in [2.24, 2.45) is 0 Å². The van der Waals surface area contributed by atoms with Crippen molar-refractivity contribution in [3.63, 3.8) is 0 Å². The monoisotopic (exact) mass is 278 g/mol. The van der Waals surface area contributed by atoms with Gasteiger partial charge in [-0.05, 0) is 27.9 Å². The molecule has 0 saturated carbocycles. The van der Waals surface area contributed by atoms with Crippen molar-refractivity contribution >= 4 is 0 Å². The van der Waals surface area contributed by atoms with Gasteiger partial charge in [0, 0.05) is 13.1 Å². The minimum absolute atomic E-state index is 0.0632. The molecule has 0 aromatic heterocycles. The largest absolute Gasteiger partial charge is 0.394 e. The van der Waals surface area contributed by atoms with E-state index in [9.17, 15) is 0 Å². The number of aliphatic hydroxyl groups excluding tert-OH is 2. The molecule has 0 fully saturated rings. The fraction of sp³-hybridized carbons (Fsp3) is 1.00. The van der Waals surface area contributed by atoms with E-state index in [-0.39, 0.29) is 25.4 Å². The third kappa shape index (κ3) is 11.3. The van der Waals surface area contributed by atoms with Crippen molar-refractivity contribution in [2.75, 3.05) is 60.3 Å². The SMILES string of the molecule is CC(CN(C)CN(C)CC(C)OCCO)OCCO. The summed E-state index contributed by atoms with van der Waals surface area (Å²) in [5.74, 6) is 0. The van der Waals surface area contributed by atoms with Crippen molar-refractivity contribution in [3.05, 3.63) is 0 Å². The van der Waals surface area contributed by atoms with Crippen LogP contribution in [0.5, 0.6) is 0 Å². The zero-order valence-corrected chi connectivity index (χ0v) is 12.7. The summed E-state index contributed by atoms with van der Waals surface area (Å²) in [5.41, 5.74) is 0. The van der Waals surface area contributed by atoms with E-state index in [2.05, 4.69) is 9.80 Å². The smallest absolute Gasteiger partial charge is 0.0701 e. The Morgan fingerprint density at radius 1 is 0.842 bits per heavy atom. The second-order valence-electron chi connectivity index (χ2n) is 5.03. The first-order valence-corrected chi connectivity index (χ1v) is 6.81. The highest BCUT2D eigenvalue weighted by Gasteiger charge is 2.11. The molecule has 0 spiro atoms. The molecular formula is C13H30N2O4. The number of hydrogen-bond acceptors (Lipinski definition) is 6. The van der Waals surface area contributed by atoms with Gasteiger partial charge in [0.25, 0.3) is 0 Å². The lowest BCUT2D eigenvalue weighted by Crippen LogP contribution is -2.40. The summed E-state index contributed by atoms with van der Waals surface area (Å²) in [6.07, 6.45) is 0.210.